The molecule has 4 amide bonds. The highest BCUT2D eigenvalue weighted by Crippen LogP contribution is 2.16. The molecule has 0 spiro atoms. The summed E-state index contributed by atoms with van der Waals surface area (Å²) in [5, 5.41) is 5.16. The van der Waals surface area contributed by atoms with Crippen molar-refractivity contribution in [3.8, 4) is 5.75 Å². The number of benzene rings is 2. The fourth-order valence-corrected chi connectivity index (χ4v) is 2.73. The van der Waals surface area contributed by atoms with Crippen molar-refractivity contribution >= 4 is 17.8 Å². The SMILES string of the molecule is O=C(NCc1ccc(OC(F)F)cc1)c1ccccc1CN1C(=O)CNC1=O. The fourth-order valence-electron chi connectivity index (χ4n) is 2.73. The minimum atomic E-state index is -2.90. The Kier molecular flexibility index (Phi) is 5.83. The van der Waals surface area contributed by atoms with Crippen molar-refractivity contribution in [3.63, 3.8) is 0 Å². The molecule has 0 radical (unpaired) electrons. The van der Waals surface area contributed by atoms with Gasteiger partial charge in [0.2, 0.25) is 5.91 Å². The van der Waals surface area contributed by atoms with Crippen LogP contribution in [0.3, 0.4) is 0 Å². The van der Waals surface area contributed by atoms with E-state index in [1.807, 2.05) is 0 Å². The molecule has 2 aromatic rings. The van der Waals surface area contributed by atoms with Crippen molar-refractivity contribution in [2.75, 3.05) is 6.54 Å². The maximum atomic E-state index is 12.5. The number of ether oxygens (including phenoxy) is 1. The van der Waals surface area contributed by atoms with Gasteiger partial charge in [-0.25, -0.2) is 4.79 Å². The molecule has 2 N–H and O–H groups in total. The number of carbonyl (C=O) groups excluding carboxylic acids is 3. The van der Waals surface area contributed by atoms with Gasteiger partial charge in [0.25, 0.3) is 5.91 Å². The van der Waals surface area contributed by atoms with E-state index in [0.717, 1.165) is 4.90 Å². The highest BCUT2D eigenvalue weighted by molar-refractivity contribution is 6.02. The fraction of sp³-hybridized carbons (Fsp3) is 0.211. The van der Waals surface area contributed by atoms with Crippen molar-refractivity contribution in [1.29, 1.82) is 0 Å². The molecule has 3 rings (SSSR count). The second-order valence-electron chi connectivity index (χ2n) is 6.00. The molecule has 0 bridgehead atoms. The zero-order valence-electron chi connectivity index (χ0n) is 14.7. The Labute approximate surface area is 159 Å². The summed E-state index contributed by atoms with van der Waals surface area (Å²) in [7, 11) is 0. The second kappa shape index (κ2) is 8.47. The van der Waals surface area contributed by atoms with Crippen LogP contribution in [0.15, 0.2) is 48.5 Å². The predicted molar refractivity (Wildman–Crippen MR) is 94.6 cm³/mol. The smallest absolute Gasteiger partial charge is 0.387 e. The van der Waals surface area contributed by atoms with Crippen LogP contribution in [0.1, 0.15) is 21.5 Å². The van der Waals surface area contributed by atoms with Crippen molar-refractivity contribution in [1.82, 2.24) is 15.5 Å². The molecule has 0 aliphatic carbocycles. The first kappa shape index (κ1) is 19.3. The summed E-state index contributed by atoms with van der Waals surface area (Å²) in [6.45, 7) is -2.79. The number of nitrogens with zero attached hydrogens (tertiary/aromatic N) is 1. The topological polar surface area (TPSA) is 87.7 Å². The van der Waals surface area contributed by atoms with Crippen LogP contribution in [0, 0.1) is 0 Å². The first-order valence-corrected chi connectivity index (χ1v) is 8.42. The van der Waals surface area contributed by atoms with E-state index in [9.17, 15) is 23.2 Å². The van der Waals surface area contributed by atoms with Crippen molar-refractivity contribution in [3.05, 3.63) is 65.2 Å². The van der Waals surface area contributed by atoms with Crippen LogP contribution in [0.5, 0.6) is 5.75 Å². The average Bonchev–Trinajstić information content (AvgIpc) is 2.99. The first-order valence-electron chi connectivity index (χ1n) is 8.42. The molecule has 0 saturated carbocycles. The molecule has 0 atom stereocenters. The normalized spacial score (nSPS) is 13.6. The molecule has 146 valence electrons. The molecular formula is C19H17F2N3O4. The maximum absolute atomic E-state index is 12.5. The third-order valence-electron chi connectivity index (χ3n) is 4.13. The molecule has 28 heavy (non-hydrogen) atoms. The third-order valence-corrected chi connectivity index (χ3v) is 4.13. The van der Waals surface area contributed by atoms with Gasteiger partial charge < -0.3 is 15.4 Å². The summed E-state index contributed by atoms with van der Waals surface area (Å²) in [5.74, 6) is -0.703. The molecule has 7 nitrogen and oxygen atoms in total. The van der Waals surface area contributed by atoms with E-state index in [-0.39, 0.29) is 37.2 Å². The van der Waals surface area contributed by atoms with E-state index in [2.05, 4.69) is 15.4 Å². The minimum absolute atomic E-state index is 0.00603. The van der Waals surface area contributed by atoms with Crippen LogP contribution in [-0.4, -0.2) is 35.9 Å². The van der Waals surface area contributed by atoms with Crippen LogP contribution in [-0.2, 0) is 17.9 Å². The van der Waals surface area contributed by atoms with Gasteiger partial charge in [0, 0.05) is 12.1 Å². The lowest BCUT2D eigenvalue weighted by molar-refractivity contribution is -0.125. The Morgan fingerprint density at radius 2 is 1.86 bits per heavy atom. The van der Waals surface area contributed by atoms with Gasteiger partial charge in [-0.05, 0) is 29.3 Å². The van der Waals surface area contributed by atoms with E-state index in [1.165, 1.54) is 12.1 Å². The summed E-state index contributed by atoms with van der Waals surface area (Å²) in [6, 6.07) is 12.1. The van der Waals surface area contributed by atoms with Gasteiger partial charge in [0.05, 0.1) is 13.1 Å². The Morgan fingerprint density at radius 1 is 1.14 bits per heavy atom. The van der Waals surface area contributed by atoms with Crippen LogP contribution < -0.4 is 15.4 Å². The van der Waals surface area contributed by atoms with Gasteiger partial charge in [-0.3, -0.25) is 14.5 Å². The van der Waals surface area contributed by atoms with E-state index in [4.69, 9.17) is 0 Å². The van der Waals surface area contributed by atoms with Gasteiger partial charge in [-0.15, -0.1) is 0 Å². The number of hydrogen-bond donors (Lipinski definition) is 2. The van der Waals surface area contributed by atoms with E-state index < -0.39 is 12.6 Å². The van der Waals surface area contributed by atoms with E-state index >= 15 is 0 Å². The van der Waals surface area contributed by atoms with Crippen molar-refractivity contribution in [2.24, 2.45) is 0 Å². The molecule has 0 aromatic heterocycles. The summed E-state index contributed by atoms with van der Waals surface area (Å²) >= 11 is 0. The van der Waals surface area contributed by atoms with E-state index in [1.54, 1.807) is 36.4 Å². The summed E-state index contributed by atoms with van der Waals surface area (Å²) in [6.07, 6.45) is 0. The summed E-state index contributed by atoms with van der Waals surface area (Å²) in [5.41, 5.74) is 1.57. The number of halogens is 2. The molecule has 1 heterocycles. The minimum Gasteiger partial charge on any atom is -0.435 e. The van der Waals surface area contributed by atoms with Gasteiger partial charge in [-0.2, -0.15) is 8.78 Å². The molecule has 1 aliphatic heterocycles. The van der Waals surface area contributed by atoms with Crippen LogP contribution >= 0.6 is 0 Å². The second-order valence-corrected chi connectivity index (χ2v) is 6.00. The number of rotatable bonds is 7. The van der Waals surface area contributed by atoms with Gasteiger partial charge in [0.15, 0.2) is 0 Å². The van der Waals surface area contributed by atoms with Crippen LogP contribution in [0.2, 0.25) is 0 Å². The Bertz CT molecular complexity index is 871. The molecular weight excluding hydrogens is 372 g/mol. The van der Waals surface area contributed by atoms with Crippen molar-refractivity contribution in [2.45, 2.75) is 19.7 Å². The number of alkyl halides is 2. The molecule has 1 saturated heterocycles. The summed E-state index contributed by atoms with van der Waals surface area (Å²) < 4.78 is 28.6. The number of hydrogen-bond acceptors (Lipinski definition) is 4. The maximum Gasteiger partial charge on any atom is 0.387 e. The number of imide groups is 1. The quantitative estimate of drug-likeness (QED) is 0.711. The highest BCUT2D eigenvalue weighted by atomic mass is 19.3. The number of amides is 4. The zero-order chi connectivity index (χ0) is 20.1. The lowest BCUT2D eigenvalue weighted by Gasteiger charge is -2.15. The first-order chi connectivity index (χ1) is 13.4. The largest absolute Gasteiger partial charge is 0.435 e. The standard InChI is InChI=1S/C19H17F2N3O4/c20-18(21)28-14-7-5-12(6-8-14)9-22-17(26)15-4-2-1-3-13(15)11-24-16(25)10-23-19(24)27/h1-8,18H,9-11H2,(H,22,26)(H,23,27). The number of urea groups is 1. The average molecular weight is 389 g/mol. The van der Waals surface area contributed by atoms with E-state index in [0.29, 0.717) is 16.7 Å². The van der Waals surface area contributed by atoms with Gasteiger partial charge in [0.1, 0.15) is 5.75 Å². The Hall–Kier alpha value is -3.49. The number of nitrogens with one attached hydrogen (secondary N) is 2. The predicted octanol–water partition coefficient (Wildman–Crippen LogP) is 2.27. The van der Waals surface area contributed by atoms with Gasteiger partial charge in [-0.1, -0.05) is 30.3 Å². The Balaban J connectivity index is 1.64. The molecule has 1 fully saturated rings. The molecule has 0 unspecified atom stereocenters. The van der Waals surface area contributed by atoms with Gasteiger partial charge >= 0.3 is 12.6 Å². The molecule has 1 aliphatic rings. The highest BCUT2D eigenvalue weighted by Gasteiger charge is 2.29. The number of carbonyl (C=O) groups is 3. The lowest BCUT2D eigenvalue weighted by Crippen LogP contribution is -2.32. The molecule has 9 heteroatoms. The molecule has 2 aromatic carbocycles. The zero-order valence-corrected chi connectivity index (χ0v) is 14.7. The lowest BCUT2D eigenvalue weighted by atomic mass is 10.1. The Morgan fingerprint density at radius 3 is 2.50 bits per heavy atom. The van der Waals surface area contributed by atoms with Crippen LogP contribution in [0.4, 0.5) is 13.6 Å². The monoisotopic (exact) mass is 389 g/mol. The third kappa shape index (κ3) is 4.61. The van der Waals surface area contributed by atoms with Crippen LogP contribution in [0.25, 0.3) is 0 Å². The summed E-state index contributed by atoms with van der Waals surface area (Å²) in [4.78, 5) is 37.1. The van der Waals surface area contributed by atoms with Crippen molar-refractivity contribution < 1.29 is 27.9 Å².